The molecule has 2 N–H and O–H groups in total. The summed E-state index contributed by atoms with van der Waals surface area (Å²) in [7, 11) is 2.15. The number of likely N-dealkylation sites (N-methyl/N-ethyl adjacent to an activating group) is 1. The smallest absolute Gasteiger partial charge is 0.258 e. The number of rotatable bonds is 6. The van der Waals surface area contributed by atoms with Crippen molar-refractivity contribution in [2.45, 2.75) is 51.1 Å². The van der Waals surface area contributed by atoms with Gasteiger partial charge in [0.05, 0.1) is 12.1 Å². The highest BCUT2D eigenvalue weighted by atomic mass is 19.1. The maximum Gasteiger partial charge on any atom is 0.258 e. The van der Waals surface area contributed by atoms with Crippen molar-refractivity contribution >= 4 is 23.1 Å². The Bertz CT molecular complexity index is 1440. The van der Waals surface area contributed by atoms with E-state index in [0.717, 1.165) is 73.2 Å². The molecule has 3 aromatic carbocycles. The molecule has 41 heavy (non-hydrogen) atoms. The van der Waals surface area contributed by atoms with Crippen LogP contribution in [0.15, 0.2) is 59.6 Å². The molecule has 1 aliphatic carbocycles. The Morgan fingerprint density at radius 1 is 0.902 bits per heavy atom. The highest BCUT2D eigenvalue weighted by Gasteiger charge is 2.24. The number of carbonyl (C=O) groups excluding carboxylic acids is 1. The van der Waals surface area contributed by atoms with E-state index in [-0.39, 0.29) is 5.91 Å². The minimum absolute atomic E-state index is 0.197. The number of amidine groups is 1. The number of aliphatic imine (C=N–C) groups is 1. The Kier molecular flexibility index (Phi) is 8.01. The number of hydrogen-bond acceptors (Lipinski definition) is 5. The van der Waals surface area contributed by atoms with E-state index in [0.29, 0.717) is 36.0 Å². The maximum absolute atomic E-state index is 13.7. The lowest BCUT2D eigenvalue weighted by Gasteiger charge is -2.34. The van der Waals surface area contributed by atoms with Crippen LogP contribution >= 0.6 is 0 Å². The molecule has 6 nitrogen and oxygen atoms in total. The van der Waals surface area contributed by atoms with E-state index < -0.39 is 11.6 Å². The molecule has 214 valence electrons. The van der Waals surface area contributed by atoms with Gasteiger partial charge < -0.3 is 20.4 Å². The molecule has 0 aromatic heterocycles. The van der Waals surface area contributed by atoms with Gasteiger partial charge in [-0.3, -0.25) is 9.79 Å². The SMILES string of the molecule is CN1CCN(c2ccc(C(=O)NC3=NCc4ccc(Cc5cc(F)cc(F)c5)cc43)c(NC3CCCCC3)c2)CC1. The first-order chi connectivity index (χ1) is 19.9. The number of piperazine rings is 1. The monoisotopic (exact) mass is 557 g/mol. The summed E-state index contributed by atoms with van der Waals surface area (Å²) < 4.78 is 27.5. The van der Waals surface area contributed by atoms with Crippen molar-refractivity contribution in [1.82, 2.24) is 10.2 Å². The van der Waals surface area contributed by atoms with E-state index >= 15 is 0 Å². The van der Waals surface area contributed by atoms with Gasteiger partial charge >= 0.3 is 0 Å². The van der Waals surface area contributed by atoms with Crippen LogP contribution in [0.4, 0.5) is 20.2 Å². The Hall–Kier alpha value is -3.78. The first-order valence-electron chi connectivity index (χ1n) is 14.7. The number of anilines is 2. The van der Waals surface area contributed by atoms with Crippen LogP contribution in [0.2, 0.25) is 0 Å². The second-order valence-corrected chi connectivity index (χ2v) is 11.6. The first kappa shape index (κ1) is 27.4. The third-order valence-electron chi connectivity index (χ3n) is 8.48. The molecule has 8 heteroatoms. The molecule has 3 aromatic rings. The number of nitrogens with zero attached hydrogens (tertiary/aromatic N) is 3. The van der Waals surface area contributed by atoms with Crippen molar-refractivity contribution in [2.24, 2.45) is 4.99 Å². The predicted octanol–water partition coefficient (Wildman–Crippen LogP) is 5.74. The van der Waals surface area contributed by atoms with Crippen LogP contribution in [-0.2, 0) is 13.0 Å². The van der Waals surface area contributed by atoms with Gasteiger partial charge in [-0.2, -0.15) is 0 Å². The van der Waals surface area contributed by atoms with E-state index in [1.165, 1.54) is 31.4 Å². The van der Waals surface area contributed by atoms with Gasteiger partial charge in [-0.25, -0.2) is 8.78 Å². The Labute approximate surface area is 240 Å². The Morgan fingerprint density at radius 2 is 1.66 bits per heavy atom. The molecule has 0 radical (unpaired) electrons. The van der Waals surface area contributed by atoms with Crippen LogP contribution in [0.1, 0.15) is 64.7 Å². The van der Waals surface area contributed by atoms with Gasteiger partial charge in [0.25, 0.3) is 5.91 Å². The second-order valence-electron chi connectivity index (χ2n) is 11.6. The molecule has 0 spiro atoms. The zero-order valence-electron chi connectivity index (χ0n) is 23.6. The molecule has 2 aliphatic heterocycles. The second kappa shape index (κ2) is 12.0. The van der Waals surface area contributed by atoms with E-state index in [1.54, 1.807) is 0 Å². The number of amides is 1. The van der Waals surface area contributed by atoms with Crippen LogP contribution in [0.3, 0.4) is 0 Å². The van der Waals surface area contributed by atoms with Crippen molar-refractivity contribution in [1.29, 1.82) is 0 Å². The summed E-state index contributed by atoms with van der Waals surface area (Å²) >= 11 is 0. The topological polar surface area (TPSA) is 60.0 Å². The van der Waals surface area contributed by atoms with Gasteiger partial charge in [-0.05, 0) is 79.4 Å². The summed E-state index contributed by atoms with van der Waals surface area (Å²) in [5, 5.41) is 6.78. The Morgan fingerprint density at radius 3 is 2.41 bits per heavy atom. The molecule has 0 bridgehead atoms. The van der Waals surface area contributed by atoms with Gasteiger partial charge in [-0.1, -0.05) is 31.4 Å². The summed E-state index contributed by atoms with van der Waals surface area (Å²) in [4.78, 5) is 23.1. The number of carbonyl (C=O) groups is 1. The molecular weight excluding hydrogens is 520 g/mol. The van der Waals surface area contributed by atoms with Crippen molar-refractivity contribution in [3.05, 3.63) is 94.0 Å². The van der Waals surface area contributed by atoms with Crippen LogP contribution in [0.25, 0.3) is 0 Å². The molecule has 3 aliphatic rings. The molecule has 1 amide bonds. The van der Waals surface area contributed by atoms with Gasteiger partial charge in [0, 0.05) is 55.2 Å². The average molecular weight is 558 g/mol. The normalized spacial score (nSPS) is 17.7. The lowest BCUT2D eigenvalue weighted by atomic mass is 9.95. The zero-order chi connectivity index (χ0) is 28.3. The van der Waals surface area contributed by atoms with Gasteiger partial charge in [0.2, 0.25) is 0 Å². The number of fused-ring (bicyclic) bond motifs is 1. The fraction of sp³-hybridized carbons (Fsp3) is 0.394. The summed E-state index contributed by atoms with van der Waals surface area (Å²) in [5.74, 6) is -0.847. The van der Waals surface area contributed by atoms with Crippen LogP contribution in [0, 0.1) is 11.6 Å². The van der Waals surface area contributed by atoms with Crippen molar-refractivity contribution in [3.8, 4) is 0 Å². The van der Waals surface area contributed by atoms with Gasteiger partial charge in [0.1, 0.15) is 17.5 Å². The fourth-order valence-corrected chi connectivity index (χ4v) is 6.15. The van der Waals surface area contributed by atoms with Gasteiger partial charge in [0.15, 0.2) is 0 Å². The number of hydrogen-bond donors (Lipinski definition) is 2. The maximum atomic E-state index is 13.7. The molecule has 1 saturated carbocycles. The van der Waals surface area contributed by atoms with E-state index in [2.05, 4.69) is 38.5 Å². The van der Waals surface area contributed by atoms with E-state index in [9.17, 15) is 13.6 Å². The molecule has 2 heterocycles. The molecule has 6 rings (SSSR count). The minimum Gasteiger partial charge on any atom is -0.382 e. The summed E-state index contributed by atoms with van der Waals surface area (Å²) in [5.41, 5.74) is 5.93. The van der Waals surface area contributed by atoms with Crippen LogP contribution in [-0.4, -0.2) is 55.9 Å². The molecule has 1 saturated heterocycles. The fourth-order valence-electron chi connectivity index (χ4n) is 6.15. The Balaban J connectivity index is 1.22. The van der Waals surface area contributed by atoms with E-state index in [4.69, 9.17) is 0 Å². The molecule has 0 atom stereocenters. The zero-order valence-corrected chi connectivity index (χ0v) is 23.6. The van der Waals surface area contributed by atoms with E-state index in [1.807, 2.05) is 30.3 Å². The van der Waals surface area contributed by atoms with Gasteiger partial charge in [-0.15, -0.1) is 0 Å². The van der Waals surface area contributed by atoms with Crippen molar-refractivity contribution in [2.75, 3.05) is 43.4 Å². The molecule has 0 unspecified atom stereocenters. The lowest BCUT2D eigenvalue weighted by molar-refractivity contribution is 0.0978. The van der Waals surface area contributed by atoms with Crippen molar-refractivity contribution in [3.63, 3.8) is 0 Å². The largest absolute Gasteiger partial charge is 0.382 e. The minimum atomic E-state index is -0.591. The predicted molar refractivity (Wildman–Crippen MR) is 160 cm³/mol. The van der Waals surface area contributed by atoms with Crippen molar-refractivity contribution < 1.29 is 13.6 Å². The summed E-state index contributed by atoms with van der Waals surface area (Å²) in [6.45, 7) is 4.44. The standard InChI is InChI=1S/C33H37F2N5O/c1-39-11-13-40(14-12-39)28-9-10-29(31(20-28)37-27-5-3-2-4-6-27)33(41)38-32-30-18-22(7-8-24(30)21-36-32)15-23-16-25(34)19-26(35)17-23/h7-10,16-20,27,37H,2-6,11-15,21H2,1H3,(H,36,38,41). The third kappa shape index (κ3) is 6.43. The summed E-state index contributed by atoms with van der Waals surface area (Å²) in [6.07, 6.45) is 6.27. The number of nitrogens with one attached hydrogen (secondary N) is 2. The first-order valence-corrected chi connectivity index (χ1v) is 14.7. The quantitative estimate of drug-likeness (QED) is 0.406. The highest BCUT2D eigenvalue weighted by Crippen LogP contribution is 2.29. The summed E-state index contributed by atoms with van der Waals surface area (Å²) in [6, 6.07) is 15.9. The number of halogens is 2. The molecular formula is C33H37F2N5O. The molecule has 2 fully saturated rings. The van der Waals surface area contributed by atoms with Crippen LogP contribution in [0.5, 0.6) is 0 Å². The average Bonchev–Trinajstić information content (AvgIpc) is 3.35. The highest BCUT2D eigenvalue weighted by molar-refractivity contribution is 6.15. The third-order valence-corrected chi connectivity index (χ3v) is 8.48. The number of benzene rings is 3. The lowest BCUT2D eigenvalue weighted by Crippen LogP contribution is -2.44. The van der Waals surface area contributed by atoms with Crippen LogP contribution < -0.4 is 15.5 Å².